The van der Waals surface area contributed by atoms with Gasteiger partial charge in [-0.05, 0) is 104 Å². The van der Waals surface area contributed by atoms with Crippen molar-refractivity contribution in [2.24, 2.45) is 0 Å². The fourth-order valence-corrected chi connectivity index (χ4v) is 13.9. The summed E-state index contributed by atoms with van der Waals surface area (Å²) in [5.41, 5.74) is 21.3. The number of hydrogen-bond acceptors (Lipinski definition) is 2. The standard InChI is InChI=1S/C73H48N2S/c1-5-22-49(23-6-1)50-42-44-54(45-43-50)74(65-38-17-14-30-56(65)51-24-7-2-8-25-51)55-46-47-58-57-31-15-18-39-66(57)75(68(58)48-55)67-40-21-41-69-71(67)62-35-19-34-60(72(62)76-69)59-33-20-37-64-70(59)61-32-13-16-36-63(61)73(64,52-26-9-3-10-27-52)53-28-11-4-12-29-53/h1-48H. The van der Waals surface area contributed by atoms with E-state index in [2.05, 4.69) is 301 Å². The molecule has 12 aromatic carbocycles. The van der Waals surface area contributed by atoms with E-state index >= 15 is 0 Å². The molecule has 356 valence electrons. The van der Waals surface area contributed by atoms with Gasteiger partial charge in [0, 0.05) is 53.4 Å². The van der Waals surface area contributed by atoms with Crippen LogP contribution in [0.15, 0.2) is 291 Å². The lowest BCUT2D eigenvalue weighted by molar-refractivity contribution is 0.768. The summed E-state index contributed by atoms with van der Waals surface area (Å²) in [6.45, 7) is 0. The number of fused-ring (bicyclic) bond motifs is 9. The molecule has 0 atom stereocenters. The molecule has 0 N–H and O–H groups in total. The summed E-state index contributed by atoms with van der Waals surface area (Å²) in [4.78, 5) is 2.44. The summed E-state index contributed by atoms with van der Waals surface area (Å²) >= 11 is 1.90. The largest absolute Gasteiger partial charge is 0.310 e. The smallest absolute Gasteiger partial charge is 0.0713 e. The Morgan fingerprint density at radius 3 is 1.64 bits per heavy atom. The molecule has 14 aromatic rings. The van der Waals surface area contributed by atoms with Crippen LogP contribution in [0.5, 0.6) is 0 Å². The summed E-state index contributed by atoms with van der Waals surface area (Å²) in [5.74, 6) is 0. The minimum atomic E-state index is -0.480. The summed E-state index contributed by atoms with van der Waals surface area (Å²) < 4.78 is 5.08. The first kappa shape index (κ1) is 44.0. The number of para-hydroxylation sites is 2. The zero-order valence-corrected chi connectivity index (χ0v) is 42.3. The predicted octanol–water partition coefficient (Wildman–Crippen LogP) is 20.0. The Bertz CT molecular complexity index is 4460. The van der Waals surface area contributed by atoms with Crippen molar-refractivity contribution in [3.63, 3.8) is 0 Å². The number of thiophene rings is 1. The van der Waals surface area contributed by atoms with Gasteiger partial charge in [-0.1, -0.05) is 243 Å². The zero-order chi connectivity index (χ0) is 50.2. The van der Waals surface area contributed by atoms with E-state index in [1.54, 1.807) is 0 Å². The third-order valence-corrected chi connectivity index (χ3v) is 17.1. The number of benzene rings is 12. The number of nitrogens with zero attached hydrogens (tertiary/aromatic N) is 2. The van der Waals surface area contributed by atoms with Gasteiger partial charge in [-0.25, -0.2) is 0 Å². The van der Waals surface area contributed by atoms with Crippen LogP contribution in [0.4, 0.5) is 17.1 Å². The van der Waals surface area contributed by atoms with Gasteiger partial charge in [0.25, 0.3) is 0 Å². The molecule has 1 aliphatic carbocycles. The molecule has 0 unspecified atom stereocenters. The van der Waals surface area contributed by atoms with Gasteiger partial charge in [-0.3, -0.25) is 0 Å². The number of rotatable bonds is 9. The second-order valence-electron chi connectivity index (χ2n) is 19.9. The lowest BCUT2D eigenvalue weighted by atomic mass is 9.67. The maximum absolute atomic E-state index is 2.53. The zero-order valence-electron chi connectivity index (χ0n) is 41.5. The summed E-state index contributed by atoms with van der Waals surface area (Å²) in [5, 5.41) is 4.96. The first-order valence-corrected chi connectivity index (χ1v) is 27.0. The Morgan fingerprint density at radius 1 is 0.342 bits per heavy atom. The van der Waals surface area contributed by atoms with E-state index in [1.165, 1.54) is 109 Å². The second-order valence-corrected chi connectivity index (χ2v) is 20.9. The van der Waals surface area contributed by atoms with Gasteiger partial charge < -0.3 is 9.47 Å². The minimum absolute atomic E-state index is 0.480. The fourth-order valence-electron chi connectivity index (χ4n) is 12.7. The van der Waals surface area contributed by atoms with Gasteiger partial charge in [0.2, 0.25) is 0 Å². The molecule has 76 heavy (non-hydrogen) atoms. The Kier molecular flexibility index (Phi) is 10.3. The van der Waals surface area contributed by atoms with Gasteiger partial charge in [0.1, 0.15) is 0 Å². The van der Waals surface area contributed by atoms with Crippen molar-refractivity contribution in [1.29, 1.82) is 0 Å². The molecular formula is C73H48N2S. The first-order chi connectivity index (χ1) is 37.7. The van der Waals surface area contributed by atoms with Crippen molar-refractivity contribution < 1.29 is 0 Å². The molecule has 0 radical (unpaired) electrons. The Hall–Kier alpha value is -9.54. The molecule has 0 aliphatic heterocycles. The average Bonchev–Trinajstić information content (AvgIpc) is 4.17. The van der Waals surface area contributed by atoms with Crippen LogP contribution < -0.4 is 4.90 Å². The Morgan fingerprint density at radius 2 is 0.882 bits per heavy atom. The van der Waals surface area contributed by atoms with Crippen molar-refractivity contribution in [2.75, 3.05) is 4.90 Å². The monoisotopic (exact) mass is 984 g/mol. The molecule has 15 rings (SSSR count). The molecular weight excluding hydrogens is 937 g/mol. The van der Waals surface area contributed by atoms with Gasteiger partial charge >= 0.3 is 0 Å². The van der Waals surface area contributed by atoms with Gasteiger partial charge in [0.15, 0.2) is 0 Å². The third-order valence-electron chi connectivity index (χ3n) is 15.9. The molecule has 0 fully saturated rings. The van der Waals surface area contributed by atoms with E-state index in [0.29, 0.717) is 0 Å². The van der Waals surface area contributed by atoms with Crippen molar-refractivity contribution in [2.45, 2.75) is 5.41 Å². The normalized spacial score (nSPS) is 12.6. The summed E-state index contributed by atoms with van der Waals surface area (Å²) in [6, 6.07) is 107. The van der Waals surface area contributed by atoms with Crippen molar-refractivity contribution in [3.8, 4) is 50.2 Å². The molecule has 2 heterocycles. The lowest BCUT2D eigenvalue weighted by Gasteiger charge is -2.34. The van der Waals surface area contributed by atoms with Crippen LogP contribution >= 0.6 is 11.3 Å². The molecule has 0 spiro atoms. The first-order valence-electron chi connectivity index (χ1n) is 26.2. The molecule has 0 bridgehead atoms. The lowest BCUT2D eigenvalue weighted by Crippen LogP contribution is -2.28. The van der Waals surface area contributed by atoms with E-state index < -0.39 is 5.41 Å². The average molecular weight is 985 g/mol. The number of anilines is 3. The molecule has 1 aliphatic rings. The fraction of sp³-hybridized carbons (Fsp3) is 0.0137. The van der Waals surface area contributed by atoms with Crippen LogP contribution in [0.25, 0.3) is 92.2 Å². The van der Waals surface area contributed by atoms with E-state index in [9.17, 15) is 0 Å². The Labute approximate surface area is 446 Å². The highest BCUT2D eigenvalue weighted by atomic mass is 32.1. The highest BCUT2D eigenvalue weighted by Crippen LogP contribution is 2.59. The van der Waals surface area contributed by atoms with Crippen LogP contribution in [0.1, 0.15) is 22.3 Å². The summed E-state index contributed by atoms with van der Waals surface area (Å²) in [7, 11) is 0. The molecule has 2 nitrogen and oxygen atoms in total. The second kappa shape index (κ2) is 17.8. The quantitative estimate of drug-likeness (QED) is 0.140. The van der Waals surface area contributed by atoms with E-state index in [-0.39, 0.29) is 0 Å². The molecule has 0 amide bonds. The third kappa shape index (κ3) is 6.73. The van der Waals surface area contributed by atoms with Crippen molar-refractivity contribution >= 4 is 70.4 Å². The van der Waals surface area contributed by atoms with Crippen molar-refractivity contribution in [1.82, 2.24) is 4.57 Å². The Balaban J connectivity index is 0.944. The van der Waals surface area contributed by atoms with E-state index in [0.717, 1.165) is 22.6 Å². The maximum atomic E-state index is 2.53. The van der Waals surface area contributed by atoms with E-state index in [1.807, 2.05) is 11.3 Å². The topological polar surface area (TPSA) is 8.17 Å². The molecule has 2 aromatic heterocycles. The van der Waals surface area contributed by atoms with Gasteiger partial charge in [-0.15, -0.1) is 11.3 Å². The van der Waals surface area contributed by atoms with Crippen LogP contribution in [0.3, 0.4) is 0 Å². The highest BCUT2D eigenvalue weighted by molar-refractivity contribution is 7.26. The predicted molar refractivity (Wildman–Crippen MR) is 322 cm³/mol. The molecule has 0 saturated carbocycles. The van der Waals surface area contributed by atoms with Crippen LogP contribution in [0, 0.1) is 0 Å². The highest BCUT2D eigenvalue weighted by Gasteiger charge is 2.47. The minimum Gasteiger partial charge on any atom is -0.310 e. The SMILES string of the molecule is c1ccc(-c2ccc(N(c3ccc4c5ccccc5n(-c5cccc6sc7c(-c8cccc9c8-c8ccccc8C9(c8ccccc8)c8ccccc8)cccc7c56)c4c3)c3ccccc3-c3ccccc3)cc2)cc1. The van der Waals surface area contributed by atoms with Crippen LogP contribution in [-0.4, -0.2) is 4.57 Å². The van der Waals surface area contributed by atoms with Crippen LogP contribution in [-0.2, 0) is 5.41 Å². The molecule has 3 heteroatoms. The molecule has 0 saturated heterocycles. The van der Waals surface area contributed by atoms with Crippen LogP contribution in [0.2, 0.25) is 0 Å². The number of hydrogen-bond donors (Lipinski definition) is 0. The summed E-state index contributed by atoms with van der Waals surface area (Å²) in [6.07, 6.45) is 0. The van der Waals surface area contributed by atoms with Gasteiger partial charge in [0.05, 0.1) is 27.8 Å². The van der Waals surface area contributed by atoms with Gasteiger partial charge in [-0.2, -0.15) is 0 Å². The van der Waals surface area contributed by atoms with E-state index in [4.69, 9.17) is 0 Å². The number of aromatic nitrogens is 1. The maximum Gasteiger partial charge on any atom is 0.0713 e. The van der Waals surface area contributed by atoms with Crippen molar-refractivity contribution in [3.05, 3.63) is 313 Å².